The molecule has 21 heavy (non-hydrogen) atoms. The number of hydrogen-bond donors (Lipinski definition) is 0. The number of rotatable bonds is 1. The van der Waals surface area contributed by atoms with Crippen LogP contribution in [0.5, 0.6) is 0 Å². The van der Waals surface area contributed by atoms with E-state index in [1.165, 1.54) is 0 Å². The van der Waals surface area contributed by atoms with E-state index in [-0.39, 0.29) is 11.5 Å². The van der Waals surface area contributed by atoms with Gasteiger partial charge in [0.05, 0.1) is 18.1 Å². The summed E-state index contributed by atoms with van der Waals surface area (Å²) >= 11 is 0. The number of piperidine rings is 1. The summed E-state index contributed by atoms with van der Waals surface area (Å²) in [6.07, 6.45) is 8.58. The minimum absolute atomic E-state index is 0.191. The monoisotopic (exact) mass is 292 g/mol. The number of carbonyl (C=O) groups excluding carboxylic acids is 1. The molecule has 2 aliphatic heterocycles. The van der Waals surface area contributed by atoms with Gasteiger partial charge in [0.1, 0.15) is 0 Å². The molecule has 2 saturated heterocycles. The van der Waals surface area contributed by atoms with Crippen LogP contribution in [-0.4, -0.2) is 61.6 Å². The number of fused-ring (bicyclic) bond motifs is 1. The van der Waals surface area contributed by atoms with Crippen LogP contribution in [0.1, 0.15) is 32.6 Å². The van der Waals surface area contributed by atoms with E-state index in [4.69, 9.17) is 4.74 Å². The Bertz CT molecular complexity index is 423. The molecule has 1 aliphatic carbocycles. The van der Waals surface area contributed by atoms with Crippen molar-refractivity contribution in [1.82, 2.24) is 9.80 Å². The maximum Gasteiger partial charge on any atom is 0.228 e. The van der Waals surface area contributed by atoms with Crippen LogP contribution in [0, 0.1) is 11.3 Å². The van der Waals surface area contributed by atoms with E-state index in [1.807, 2.05) is 0 Å². The molecule has 0 radical (unpaired) electrons. The number of carbonyl (C=O) groups is 1. The van der Waals surface area contributed by atoms with Crippen molar-refractivity contribution in [2.24, 2.45) is 11.3 Å². The van der Waals surface area contributed by atoms with Gasteiger partial charge >= 0.3 is 0 Å². The summed E-state index contributed by atoms with van der Waals surface area (Å²) in [5, 5.41) is 0. The zero-order chi connectivity index (χ0) is 14.9. The Balaban J connectivity index is 1.65. The summed E-state index contributed by atoms with van der Waals surface area (Å²) in [4.78, 5) is 17.4. The average molecular weight is 292 g/mol. The van der Waals surface area contributed by atoms with Gasteiger partial charge in [0.2, 0.25) is 5.91 Å². The molecular formula is C17H28N2O2. The van der Waals surface area contributed by atoms with Gasteiger partial charge in [0.25, 0.3) is 0 Å². The zero-order valence-electron chi connectivity index (χ0n) is 13.4. The van der Waals surface area contributed by atoms with E-state index < -0.39 is 0 Å². The van der Waals surface area contributed by atoms with Crippen molar-refractivity contribution in [2.45, 2.75) is 38.7 Å². The molecule has 0 aromatic heterocycles. The minimum Gasteiger partial charge on any atom is -0.375 e. The lowest BCUT2D eigenvalue weighted by Gasteiger charge is -2.42. The minimum atomic E-state index is -0.191. The predicted molar refractivity (Wildman–Crippen MR) is 83.0 cm³/mol. The van der Waals surface area contributed by atoms with Crippen molar-refractivity contribution in [1.29, 1.82) is 0 Å². The first kappa shape index (κ1) is 15.0. The molecule has 118 valence electrons. The Hall–Kier alpha value is -0.870. The van der Waals surface area contributed by atoms with Crippen molar-refractivity contribution < 1.29 is 9.53 Å². The molecule has 2 heterocycles. The zero-order valence-corrected chi connectivity index (χ0v) is 13.4. The van der Waals surface area contributed by atoms with Crippen LogP contribution in [0.4, 0.5) is 0 Å². The SMILES string of the molecule is CN1CCO[C@@H]2CN(C(=O)C3(C)CC=CCC3)CC[C@@H]2C1. The molecule has 0 N–H and O–H groups in total. The Kier molecular flexibility index (Phi) is 4.36. The molecule has 0 saturated carbocycles. The van der Waals surface area contributed by atoms with Crippen molar-refractivity contribution in [2.75, 3.05) is 39.8 Å². The summed E-state index contributed by atoms with van der Waals surface area (Å²) in [7, 11) is 2.17. The topological polar surface area (TPSA) is 32.8 Å². The van der Waals surface area contributed by atoms with E-state index >= 15 is 0 Å². The summed E-state index contributed by atoms with van der Waals surface area (Å²) in [6, 6.07) is 0. The third kappa shape index (κ3) is 3.16. The highest BCUT2D eigenvalue weighted by Crippen LogP contribution is 2.36. The van der Waals surface area contributed by atoms with E-state index in [0.29, 0.717) is 11.8 Å². The van der Waals surface area contributed by atoms with E-state index in [2.05, 4.69) is 35.9 Å². The standard InChI is InChI=1S/C17H28N2O2/c1-17(7-4-3-5-8-17)16(20)19-9-6-14-12-18(2)10-11-21-15(14)13-19/h3-4,14-15H,5-13H2,1-2H3/t14-,15-,17?/m1/s1. The van der Waals surface area contributed by atoms with Crippen LogP contribution < -0.4 is 0 Å². The molecule has 4 nitrogen and oxygen atoms in total. The van der Waals surface area contributed by atoms with E-state index in [9.17, 15) is 4.79 Å². The number of ether oxygens (including phenoxy) is 1. The number of hydrogen-bond acceptors (Lipinski definition) is 3. The smallest absolute Gasteiger partial charge is 0.228 e. The van der Waals surface area contributed by atoms with Gasteiger partial charge in [-0.25, -0.2) is 0 Å². The largest absolute Gasteiger partial charge is 0.375 e. The summed E-state index contributed by atoms with van der Waals surface area (Å²) < 4.78 is 6.03. The molecule has 3 aliphatic rings. The molecule has 3 atom stereocenters. The van der Waals surface area contributed by atoms with E-state index in [1.54, 1.807) is 0 Å². The molecule has 2 fully saturated rings. The second kappa shape index (κ2) is 6.09. The first-order valence-electron chi connectivity index (χ1n) is 8.33. The third-order valence-corrected chi connectivity index (χ3v) is 5.45. The lowest BCUT2D eigenvalue weighted by molar-refractivity contribution is -0.147. The number of nitrogens with zero attached hydrogens (tertiary/aromatic N) is 2. The predicted octanol–water partition coefficient (Wildman–Crippen LogP) is 1.91. The molecule has 0 aromatic rings. The first-order chi connectivity index (χ1) is 10.1. The maximum atomic E-state index is 12.9. The number of amides is 1. The van der Waals surface area contributed by atoms with Gasteiger partial charge in [0.15, 0.2) is 0 Å². The van der Waals surface area contributed by atoms with Crippen molar-refractivity contribution >= 4 is 5.91 Å². The number of likely N-dealkylation sites (N-methyl/N-ethyl adjacent to an activating group) is 1. The quantitative estimate of drug-likeness (QED) is 0.692. The Morgan fingerprint density at radius 2 is 2.14 bits per heavy atom. The molecule has 3 rings (SSSR count). The second-order valence-corrected chi connectivity index (χ2v) is 7.25. The van der Waals surface area contributed by atoms with Crippen LogP contribution in [0.15, 0.2) is 12.2 Å². The fourth-order valence-corrected chi connectivity index (χ4v) is 3.94. The van der Waals surface area contributed by atoms with Gasteiger partial charge in [-0.05, 0) is 32.7 Å². The average Bonchev–Trinajstić information content (AvgIpc) is 2.67. The van der Waals surface area contributed by atoms with Gasteiger partial charge in [-0.2, -0.15) is 0 Å². The molecule has 0 aromatic carbocycles. The van der Waals surface area contributed by atoms with Crippen molar-refractivity contribution in [3.05, 3.63) is 12.2 Å². The fourth-order valence-electron chi connectivity index (χ4n) is 3.94. The van der Waals surface area contributed by atoms with Gasteiger partial charge in [-0.15, -0.1) is 0 Å². The second-order valence-electron chi connectivity index (χ2n) is 7.25. The van der Waals surface area contributed by atoms with Crippen LogP contribution in [-0.2, 0) is 9.53 Å². The van der Waals surface area contributed by atoms with Crippen LogP contribution >= 0.6 is 0 Å². The summed E-state index contributed by atoms with van der Waals surface area (Å²) in [5.74, 6) is 0.923. The van der Waals surface area contributed by atoms with Gasteiger partial charge < -0.3 is 14.5 Å². The summed E-state index contributed by atoms with van der Waals surface area (Å²) in [6.45, 7) is 6.72. The molecule has 4 heteroatoms. The van der Waals surface area contributed by atoms with Gasteiger partial charge in [0, 0.05) is 32.1 Å². The van der Waals surface area contributed by atoms with Gasteiger partial charge in [-0.3, -0.25) is 4.79 Å². The molecule has 1 amide bonds. The van der Waals surface area contributed by atoms with Gasteiger partial charge in [-0.1, -0.05) is 19.1 Å². The molecule has 0 spiro atoms. The van der Waals surface area contributed by atoms with Crippen LogP contribution in [0.25, 0.3) is 0 Å². The lowest BCUT2D eigenvalue weighted by Crippen LogP contribution is -2.52. The Morgan fingerprint density at radius 3 is 2.90 bits per heavy atom. The Labute approximate surface area is 128 Å². The molecule has 0 bridgehead atoms. The fraction of sp³-hybridized carbons (Fsp3) is 0.824. The highest BCUT2D eigenvalue weighted by Gasteiger charge is 2.40. The number of allylic oxidation sites excluding steroid dienone is 2. The van der Waals surface area contributed by atoms with Crippen LogP contribution in [0.3, 0.4) is 0 Å². The maximum absolute atomic E-state index is 12.9. The first-order valence-corrected chi connectivity index (χ1v) is 8.33. The van der Waals surface area contributed by atoms with Crippen molar-refractivity contribution in [3.63, 3.8) is 0 Å². The normalized spacial score (nSPS) is 37.9. The molecule has 1 unspecified atom stereocenters. The third-order valence-electron chi connectivity index (χ3n) is 5.45. The highest BCUT2D eigenvalue weighted by molar-refractivity contribution is 5.83. The Morgan fingerprint density at radius 1 is 1.29 bits per heavy atom. The van der Waals surface area contributed by atoms with Crippen molar-refractivity contribution in [3.8, 4) is 0 Å². The van der Waals surface area contributed by atoms with E-state index in [0.717, 1.165) is 58.5 Å². The summed E-state index contributed by atoms with van der Waals surface area (Å²) in [5.41, 5.74) is -0.191. The molecular weight excluding hydrogens is 264 g/mol. The highest BCUT2D eigenvalue weighted by atomic mass is 16.5. The number of likely N-dealkylation sites (tertiary alicyclic amines) is 1. The lowest BCUT2D eigenvalue weighted by atomic mass is 9.77. The van der Waals surface area contributed by atoms with Crippen LogP contribution in [0.2, 0.25) is 0 Å².